The summed E-state index contributed by atoms with van der Waals surface area (Å²) >= 11 is 3.52. The van der Waals surface area contributed by atoms with Crippen LogP contribution in [0.15, 0.2) is 45.5 Å². The van der Waals surface area contributed by atoms with E-state index >= 15 is 0 Å². The van der Waals surface area contributed by atoms with Crippen molar-refractivity contribution in [3.8, 4) is 5.75 Å². The van der Waals surface area contributed by atoms with Gasteiger partial charge in [0, 0.05) is 22.5 Å². The predicted octanol–water partition coefficient (Wildman–Crippen LogP) is 4.22. The molecular weight excluding hydrogens is 306 g/mol. The van der Waals surface area contributed by atoms with Crippen LogP contribution in [0.2, 0.25) is 0 Å². The van der Waals surface area contributed by atoms with E-state index in [1.165, 1.54) is 5.56 Å². The van der Waals surface area contributed by atoms with E-state index in [-0.39, 0.29) is 6.04 Å². The van der Waals surface area contributed by atoms with E-state index in [0.717, 1.165) is 29.0 Å². The Balaban J connectivity index is 1.81. The second kappa shape index (κ2) is 5.39. The number of hydrogen-bond donors (Lipinski definition) is 1. The summed E-state index contributed by atoms with van der Waals surface area (Å²) in [7, 11) is 0. The molecule has 1 aliphatic rings. The normalized spacial score (nSPS) is 19.6. The first-order valence-corrected chi connectivity index (χ1v) is 7.25. The molecule has 1 aliphatic heterocycles. The van der Waals surface area contributed by atoms with Crippen molar-refractivity contribution < 1.29 is 9.15 Å². The second-order valence-electron chi connectivity index (χ2n) is 4.78. The molecule has 0 bridgehead atoms. The molecule has 1 N–H and O–H groups in total. The van der Waals surface area contributed by atoms with Crippen molar-refractivity contribution in [2.75, 3.05) is 6.61 Å². The Hall–Kier alpha value is -1.26. The molecule has 1 aromatic carbocycles. The van der Waals surface area contributed by atoms with E-state index in [1.807, 2.05) is 24.3 Å². The molecule has 4 heteroatoms. The predicted molar refractivity (Wildman–Crippen MR) is 77.3 cm³/mol. The standard InChI is InChI=1S/C15H16BrNO2/c1-10(14-3-2-7-18-14)17-13-6-8-19-15-5-4-11(16)9-12(13)15/h2-5,7,9-10,13,17H,6,8H2,1H3. The fraction of sp³-hybridized carbons (Fsp3) is 0.333. The van der Waals surface area contributed by atoms with Crippen LogP contribution in [0.1, 0.15) is 36.8 Å². The first-order valence-electron chi connectivity index (χ1n) is 6.46. The summed E-state index contributed by atoms with van der Waals surface area (Å²) in [6.45, 7) is 2.86. The highest BCUT2D eigenvalue weighted by molar-refractivity contribution is 9.10. The van der Waals surface area contributed by atoms with E-state index in [1.54, 1.807) is 6.26 Å². The lowest BCUT2D eigenvalue weighted by Crippen LogP contribution is -2.29. The molecule has 2 unspecified atom stereocenters. The van der Waals surface area contributed by atoms with Crippen LogP contribution in [-0.4, -0.2) is 6.61 Å². The maximum atomic E-state index is 5.70. The molecule has 0 spiro atoms. The van der Waals surface area contributed by atoms with Gasteiger partial charge in [0.2, 0.25) is 0 Å². The molecule has 19 heavy (non-hydrogen) atoms. The van der Waals surface area contributed by atoms with Crippen LogP contribution in [-0.2, 0) is 0 Å². The van der Waals surface area contributed by atoms with Crippen molar-refractivity contribution >= 4 is 15.9 Å². The van der Waals surface area contributed by atoms with Crippen LogP contribution < -0.4 is 10.1 Å². The second-order valence-corrected chi connectivity index (χ2v) is 5.69. The zero-order chi connectivity index (χ0) is 13.2. The van der Waals surface area contributed by atoms with Gasteiger partial charge in [-0.15, -0.1) is 0 Å². The summed E-state index contributed by atoms with van der Waals surface area (Å²) in [5.41, 5.74) is 1.21. The van der Waals surface area contributed by atoms with Crippen LogP contribution in [0, 0.1) is 0 Å². The Morgan fingerprint density at radius 1 is 1.37 bits per heavy atom. The Bertz CT molecular complexity index is 553. The molecule has 2 aromatic rings. The fourth-order valence-electron chi connectivity index (χ4n) is 2.46. The maximum Gasteiger partial charge on any atom is 0.124 e. The van der Waals surface area contributed by atoms with E-state index in [2.05, 4.69) is 34.2 Å². The van der Waals surface area contributed by atoms with Gasteiger partial charge in [-0.05, 0) is 37.3 Å². The average Bonchev–Trinajstić information content (AvgIpc) is 2.93. The minimum Gasteiger partial charge on any atom is -0.493 e. The van der Waals surface area contributed by atoms with Gasteiger partial charge in [-0.1, -0.05) is 15.9 Å². The van der Waals surface area contributed by atoms with Crippen molar-refractivity contribution in [1.29, 1.82) is 0 Å². The summed E-state index contributed by atoms with van der Waals surface area (Å²) in [6, 6.07) is 10.6. The van der Waals surface area contributed by atoms with Crippen LogP contribution in [0.3, 0.4) is 0 Å². The summed E-state index contributed by atoms with van der Waals surface area (Å²) in [4.78, 5) is 0. The lowest BCUT2D eigenvalue weighted by molar-refractivity contribution is 0.241. The third-order valence-corrected chi connectivity index (χ3v) is 3.93. The van der Waals surface area contributed by atoms with Gasteiger partial charge >= 0.3 is 0 Å². The van der Waals surface area contributed by atoms with E-state index < -0.39 is 0 Å². The Morgan fingerprint density at radius 2 is 2.26 bits per heavy atom. The maximum absolute atomic E-state index is 5.70. The molecule has 0 fully saturated rings. The number of ether oxygens (including phenoxy) is 1. The number of hydrogen-bond acceptors (Lipinski definition) is 3. The highest BCUT2D eigenvalue weighted by atomic mass is 79.9. The van der Waals surface area contributed by atoms with E-state index in [0.29, 0.717) is 6.04 Å². The van der Waals surface area contributed by atoms with Gasteiger partial charge in [0.1, 0.15) is 11.5 Å². The van der Waals surface area contributed by atoms with E-state index in [9.17, 15) is 0 Å². The average molecular weight is 322 g/mol. The molecule has 0 saturated heterocycles. The van der Waals surface area contributed by atoms with Gasteiger partial charge < -0.3 is 14.5 Å². The smallest absolute Gasteiger partial charge is 0.124 e. The van der Waals surface area contributed by atoms with E-state index in [4.69, 9.17) is 9.15 Å². The zero-order valence-corrected chi connectivity index (χ0v) is 12.3. The van der Waals surface area contributed by atoms with Crippen LogP contribution in [0.5, 0.6) is 5.75 Å². The van der Waals surface area contributed by atoms with Gasteiger partial charge in [0.15, 0.2) is 0 Å². The molecule has 2 heterocycles. The summed E-state index contributed by atoms with van der Waals surface area (Å²) in [5, 5.41) is 3.61. The van der Waals surface area contributed by atoms with Crippen LogP contribution in [0.25, 0.3) is 0 Å². The number of furan rings is 1. The highest BCUT2D eigenvalue weighted by Crippen LogP contribution is 2.35. The molecular formula is C15H16BrNO2. The van der Waals surface area contributed by atoms with Crippen LogP contribution in [0.4, 0.5) is 0 Å². The number of halogens is 1. The largest absolute Gasteiger partial charge is 0.493 e. The third-order valence-electron chi connectivity index (χ3n) is 3.43. The third kappa shape index (κ3) is 2.69. The first kappa shape index (κ1) is 12.8. The highest BCUT2D eigenvalue weighted by Gasteiger charge is 2.24. The SMILES string of the molecule is CC(NC1CCOc2ccc(Br)cc21)c1ccco1. The minimum atomic E-state index is 0.185. The van der Waals surface area contributed by atoms with Crippen molar-refractivity contribution in [3.05, 3.63) is 52.4 Å². The molecule has 100 valence electrons. The summed E-state index contributed by atoms with van der Waals surface area (Å²) in [6.07, 6.45) is 2.68. The Kier molecular flexibility index (Phi) is 3.62. The lowest BCUT2D eigenvalue weighted by atomic mass is 9.99. The molecule has 2 atom stereocenters. The van der Waals surface area contributed by atoms with Gasteiger partial charge in [-0.2, -0.15) is 0 Å². The van der Waals surface area contributed by atoms with Crippen molar-refractivity contribution in [3.63, 3.8) is 0 Å². The molecule has 0 saturated carbocycles. The topological polar surface area (TPSA) is 34.4 Å². The number of nitrogens with one attached hydrogen (secondary N) is 1. The molecule has 0 aliphatic carbocycles. The first-order chi connectivity index (χ1) is 9.24. The monoisotopic (exact) mass is 321 g/mol. The van der Waals surface area contributed by atoms with Gasteiger partial charge in [-0.3, -0.25) is 0 Å². The molecule has 0 radical (unpaired) electrons. The molecule has 3 nitrogen and oxygen atoms in total. The minimum absolute atomic E-state index is 0.185. The molecule has 3 rings (SSSR count). The lowest BCUT2D eigenvalue weighted by Gasteiger charge is -2.29. The summed E-state index contributed by atoms with van der Waals surface area (Å²) in [5.74, 6) is 1.93. The number of benzene rings is 1. The van der Waals surface area contributed by atoms with Crippen LogP contribution >= 0.6 is 15.9 Å². The number of fused-ring (bicyclic) bond motifs is 1. The molecule has 0 amide bonds. The van der Waals surface area contributed by atoms with Crippen molar-refractivity contribution in [2.24, 2.45) is 0 Å². The van der Waals surface area contributed by atoms with Crippen molar-refractivity contribution in [1.82, 2.24) is 5.32 Å². The number of rotatable bonds is 3. The van der Waals surface area contributed by atoms with Gasteiger partial charge in [0.25, 0.3) is 0 Å². The fourth-order valence-corrected chi connectivity index (χ4v) is 2.84. The zero-order valence-electron chi connectivity index (χ0n) is 10.7. The quantitative estimate of drug-likeness (QED) is 0.919. The van der Waals surface area contributed by atoms with Gasteiger partial charge in [-0.25, -0.2) is 0 Å². The van der Waals surface area contributed by atoms with Gasteiger partial charge in [0.05, 0.1) is 18.9 Å². The molecule has 1 aromatic heterocycles. The summed E-state index contributed by atoms with van der Waals surface area (Å²) < 4.78 is 12.2. The van der Waals surface area contributed by atoms with Crippen molar-refractivity contribution in [2.45, 2.75) is 25.4 Å². The Labute approximate surface area is 121 Å². The Morgan fingerprint density at radius 3 is 3.05 bits per heavy atom.